The average molecular weight is 472 g/mol. The third-order valence-corrected chi connectivity index (χ3v) is 6.50. The van der Waals surface area contributed by atoms with E-state index in [-0.39, 0.29) is 16.8 Å². The zero-order valence-electron chi connectivity index (χ0n) is 18.6. The summed E-state index contributed by atoms with van der Waals surface area (Å²) in [7, 11) is 1.61. The molecule has 0 aliphatic heterocycles. The van der Waals surface area contributed by atoms with Gasteiger partial charge >= 0.3 is 0 Å². The Bertz CT molecular complexity index is 1180. The highest BCUT2D eigenvalue weighted by atomic mass is 32.2. The first kappa shape index (κ1) is 24.2. The average Bonchev–Trinajstić information content (AvgIpc) is 2.80. The van der Waals surface area contributed by atoms with E-state index in [9.17, 15) is 17.6 Å². The van der Waals surface area contributed by atoms with E-state index in [0.717, 1.165) is 23.4 Å². The minimum absolute atomic E-state index is 0.0401. The summed E-state index contributed by atoms with van der Waals surface area (Å²) < 4.78 is 45.5. The number of benzene rings is 3. The molecule has 0 heterocycles. The summed E-state index contributed by atoms with van der Waals surface area (Å²) in [6, 6.07) is 18.2. The fourth-order valence-electron chi connectivity index (χ4n) is 3.23. The SMILES string of the molecule is COc1ccc(C(CNC(=O)c2ccc(NS(=O)(=O)c3ccc(F)cc3)cc2)N(C)C)cc1. The molecular formula is C24H26FN3O4S. The third kappa shape index (κ3) is 6.30. The van der Waals surface area contributed by atoms with Gasteiger partial charge < -0.3 is 15.0 Å². The number of carbonyl (C=O) groups is 1. The van der Waals surface area contributed by atoms with Crippen LogP contribution in [0.3, 0.4) is 0 Å². The Morgan fingerprint density at radius 3 is 2.12 bits per heavy atom. The van der Waals surface area contributed by atoms with E-state index < -0.39 is 15.8 Å². The van der Waals surface area contributed by atoms with Crippen LogP contribution in [0.15, 0.2) is 77.7 Å². The number of ether oxygens (including phenoxy) is 1. The number of sulfonamides is 1. The zero-order valence-corrected chi connectivity index (χ0v) is 19.4. The molecule has 0 bridgehead atoms. The molecule has 3 aromatic rings. The molecule has 9 heteroatoms. The first-order valence-electron chi connectivity index (χ1n) is 10.2. The van der Waals surface area contributed by atoms with Crippen molar-refractivity contribution in [3.8, 4) is 5.75 Å². The number of rotatable bonds is 9. The lowest BCUT2D eigenvalue weighted by atomic mass is 10.1. The van der Waals surface area contributed by atoms with Crippen LogP contribution >= 0.6 is 0 Å². The van der Waals surface area contributed by atoms with Gasteiger partial charge in [0.05, 0.1) is 18.0 Å². The summed E-state index contributed by atoms with van der Waals surface area (Å²) in [4.78, 5) is 14.6. The first-order valence-corrected chi connectivity index (χ1v) is 11.6. The fourth-order valence-corrected chi connectivity index (χ4v) is 4.29. The van der Waals surface area contributed by atoms with Gasteiger partial charge in [0.1, 0.15) is 11.6 Å². The summed E-state index contributed by atoms with van der Waals surface area (Å²) in [6.07, 6.45) is 0. The van der Waals surface area contributed by atoms with E-state index in [1.54, 1.807) is 7.11 Å². The van der Waals surface area contributed by atoms with Crippen LogP contribution < -0.4 is 14.8 Å². The van der Waals surface area contributed by atoms with Crippen LogP contribution in [0, 0.1) is 5.82 Å². The van der Waals surface area contributed by atoms with Crippen molar-refractivity contribution in [2.45, 2.75) is 10.9 Å². The maximum atomic E-state index is 13.0. The van der Waals surface area contributed by atoms with E-state index in [0.29, 0.717) is 17.8 Å². The molecule has 1 amide bonds. The Labute approximate surface area is 193 Å². The smallest absolute Gasteiger partial charge is 0.261 e. The Kier molecular flexibility index (Phi) is 7.67. The van der Waals surface area contributed by atoms with Crippen molar-refractivity contribution in [1.29, 1.82) is 0 Å². The molecule has 174 valence electrons. The summed E-state index contributed by atoms with van der Waals surface area (Å²) in [5, 5.41) is 2.92. The highest BCUT2D eigenvalue weighted by molar-refractivity contribution is 7.92. The molecule has 3 rings (SSSR count). The van der Waals surface area contributed by atoms with E-state index in [1.165, 1.54) is 36.4 Å². The van der Waals surface area contributed by atoms with Crippen LogP contribution in [0.5, 0.6) is 5.75 Å². The third-order valence-electron chi connectivity index (χ3n) is 5.10. The van der Waals surface area contributed by atoms with Crippen molar-refractivity contribution < 1.29 is 22.3 Å². The molecule has 0 aliphatic carbocycles. The fraction of sp³-hybridized carbons (Fsp3) is 0.208. The largest absolute Gasteiger partial charge is 0.497 e. The monoisotopic (exact) mass is 471 g/mol. The van der Waals surface area contributed by atoms with Crippen molar-refractivity contribution in [2.24, 2.45) is 0 Å². The van der Waals surface area contributed by atoms with Crippen LogP contribution in [0.2, 0.25) is 0 Å². The van der Waals surface area contributed by atoms with Crippen LogP contribution in [-0.4, -0.2) is 47.0 Å². The minimum atomic E-state index is -3.86. The maximum absolute atomic E-state index is 13.0. The molecule has 3 aromatic carbocycles. The van der Waals surface area contributed by atoms with Crippen molar-refractivity contribution >= 4 is 21.6 Å². The number of carbonyl (C=O) groups excluding carboxylic acids is 1. The van der Waals surface area contributed by atoms with Crippen LogP contribution in [0.1, 0.15) is 22.0 Å². The molecule has 33 heavy (non-hydrogen) atoms. The van der Waals surface area contributed by atoms with Gasteiger partial charge in [0.2, 0.25) is 0 Å². The number of nitrogens with one attached hydrogen (secondary N) is 2. The van der Waals surface area contributed by atoms with Gasteiger partial charge in [-0.05, 0) is 80.3 Å². The molecule has 0 aliphatic rings. The number of hydrogen-bond acceptors (Lipinski definition) is 5. The number of likely N-dealkylation sites (N-methyl/N-ethyl adjacent to an activating group) is 1. The highest BCUT2D eigenvalue weighted by Gasteiger charge is 2.17. The van der Waals surface area contributed by atoms with E-state index in [4.69, 9.17) is 4.74 Å². The summed E-state index contributed by atoms with van der Waals surface area (Å²) in [5.74, 6) is -0.0356. The number of amides is 1. The molecule has 1 atom stereocenters. The molecule has 7 nitrogen and oxygen atoms in total. The van der Waals surface area contributed by atoms with Gasteiger partial charge in [-0.1, -0.05) is 12.1 Å². The summed E-state index contributed by atoms with van der Waals surface area (Å²) in [6.45, 7) is 0.386. The lowest BCUT2D eigenvalue weighted by molar-refractivity contribution is 0.0942. The predicted octanol–water partition coefficient (Wildman–Crippen LogP) is 3.67. The van der Waals surface area contributed by atoms with Gasteiger partial charge in [0.25, 0.3) is 15.9 Å². The Morgan fingerprint density at radius 2 is 1.58 bits per heavy atom. The molecule has 0 fully saturated rings. The predicted molar refractivity (Wildman–Crippen MR) is 125 cm³/mol. The molecule has 2 N–H and O–H groups in total. The molecular weight excluding hydrogens is 445 g/mol. The van der Waals surface area contributed by atoms with Crippen molar-refractivity contribution in [2.75, 3.05) is 32.5 Å². The van der Waals surface area contributed by atoms with Crippen LogP contribution in [0.4, 0.5) is 10.1 Å². The second-order valence-corrected chi connectivity index (χ2v) is 9.28. The maximum Gasteiger partial charge on any atom is 0.261 e. The second kappa shape index (κ2) is 10.5. The number of hydrogen-bond donors (Lipinski definition) is 2. The standard InChI is InChI=1S/C24H26FN3O4S/c1-28(2)23(17-6-12-21(32-3)13-7-17)16-26-24(29)18-4-10-20(11-5-18)27-33(30,31)22-14-8-19(25)9-15-22/h4-15,23,27H,16H2,1-3H3,(H,26,29). The number of halogens is 1. The van der Waals surface area contributed by atoms with Gasteiger partial charge in [0, 0.05) is 17.8 Å². The quantitative estimate of drug-likeness (QED) is 0.497. The molecule has 0 radical (unpaired) electrons. The van der Waals surface area contributed by atoms with Gasteiger partial charge in [-0.25, -0.2) is 12.8 Å². The molecule has 0 aromatic heterocycles. The number of methoxy groups -OCH3 is 1. The second-order valence-electron chi connectivity index (χ2n) is 7.60. The van der Waals surface area contributed by atoms with Gasteiger partial charge in [-0.3, -0.25) is 9.52 Å². The normalized spacial score (nSPS) is 12.3. The Hall–Kier alpha value is -3.43. The zero-order chi connectivity index (χ0) is 24.0. The van der Waals surface area contributed by atoms with Crippen LogP contribution in [0.25, 0.3) is 0 Å². The van der Waals surface area contributed by atoms with E-state index in [2.05, 4.69) is 10.0 Å². The highest BCUT2D eigenvalue weighted by Crippen LogP contribution is 2.21. The van der Waals surface area contributed by atoms with Gasteiger partial charge in [-0.15, -0.1) is 0 Å². The summed E-state index contributed by atoms with van der Waals surface area (Å²) in [5.41, 5.74) is 1.72. The molecule has 0 saturated carbocycles. The van der Waals surface area contributed by atoms with Crippen molar-refractivity contribution in [1.82, 2.24) is 10.2 Å². The Balaban J connectivity index is 1.63. The number of nitrogens with zero attached hydrogens (tertiary/aromatic N) is 1. The van der Waals surface area contributed by atoms with Gasteiger partial charge in [-0.2, -0.15) is 0 Å². The van der Waals surface area contributed by atoms with Gasteiger partial charge in [0.15, 0.2) is 0 Å². The van der Waals surface area contributed by atoms with E-state index in [1.807, 2.05) is 43.3 Å². The van der Waals surface area contributed by atoms with Crippen LogP contribution in [-0.2, 0) is 10.0 Å². The Morgan fingerprint density at radius 1 is 0.970 bits per heavy atom. The molecule has 1 unspecified atom stereocenters. The minimum Gasteiger partial charge on any atom is -0.497 e. The number of anilines is 1. The molecule has 0 saturated heterocycles. The lowest BCUT2D eigenvalue weighted by Gasteiger charge is -2.25. The first-order chi connectivity index (χ1) is 15.7. The van der Waals surface area contributed by atoms with Crippen molar-refractivity contribution in [3.05, 3.63) is 89.7 Å². The summed E-state index contributed by atoms with van der Waals surface area (Å²) >= 11 is 0. The van der Waals surface area contributed by atoms with E-state index >= 15 is 0 Å². The lowest BCUT2D eigenvalue weighted by Crippen LogP contribution is -2.34. The topological polar surface area (TPSA) is 87.7 Å². The molecule has 0 spiro atoms. The van der Waals surface area contributed by atoms with Crippen molar-refractivity contribution in [3.63, 3.8) is 0 Å².